The Kier molecular flexibility index (Phi) is 5.52. The van der Waals surface area contributed by atoms with Crippen molar-refractivity contribution in [2.75, 3.05) is 24.7 Å². The molecular formula is C16H24ClNO2S. The van der Waals surface area contributed by atoms with E-state index in [9.17, 15) is 4.79 Å². The zero-order valence-corrected chi connectivity index (χ0v) is 14.1. The fourth-order valence-electron chi connectivity index (χ4n) is 3.44. The van der Waals surface area contributed by atoms with E-state index in [-0.39, 0.29) is 12.0 Å². The van der Waals surface area contributed by atoms with Gasteiger partial charge in [-0.15, -0.1) is 0 Å². The summed E-state index contributed by atoms with van der Waals surface area (Å²) >= 11 is 8.29. The molecule has 3 nitrogen and oxygen atoms in total. The monoisotopic (exact) mass is 329 g/mol. The van der Waals surface area contributed by atoms with E-state index < -0.39 is 0 Å². The van der Waals surface area contributed by atoms with Crippen LogP contribution in [0.4, 0.5) is 0 Å². The van der Waals surface area contributed by atoms with Crippen molar-refractivity contribution >= 4 is 29.3 Å². The number of nitrogens with zero attached hydrogens (tertiary/aromatic N) is 1. The number of hydrogen-bond acceptors (Lipinski definition) is 3. The Labute approximate surface area is 136 Å². The van der Waals surface area contributed by atoms with Crippen LogP contribution >= 0.6 is 23.4 Å². The predicted molar refractivity (Wildman–Crippen MR) is 87.8 cm³/mol. The molecule has 2 heterocycles. The lowest BCUT2D eigenvalue weighted by molar-refractivity contribution is -0.131. The van der Waals surface area contributed by atoms with Crippen LogP contribution in [-0.4, -0.2) is 47.6 Å². The van der Waals surface area contributed by atoms with Crippen LogP contribution in [-0.2, 0) is 9.53 Å². The van der Waals surface area contributed by atoms with Crippen LogP contribution in [0.15, 0.2) is 10.6 Å². The molecule has 0 unspecified atom stereocenters. The summed E-state index contributed by atoms with van der Waals surface area (Å²) in [6.07, 6.45) is 7.45. The number of carbonyl (C=O) groups excluding carboxylic acids is 1. The SMILES string of the molecule is O=C(C1=C(Cl)CCCC1)N(C[C@@H]1CCCO1)[C@@H]1CCSC1. The summed E-state index contributed by atoms with van der Waals surface area (Å²) in [6.45, 7) is 1.59. The minimum Gasteiger partial charge on any atom is -0.376 e. The van der Waals surface area contributed by atoms with Gasteiger partial charge in [0, 0.05) is 35.6 Å². The van der Waals surface area contributed by atoms with E-state index in [1.165, 1.54) is 0 Å². The number of ether oxygens (including phenoxy) is 1. The second kappa shape index (κ2) is 7.38. The number of thioether (sulfide) groups is 1. The molecule has 0 aromatic rings. The van der Waals surface area contributed by atoms with E-state index in [0.717, 1.165) is 80.2 Å². The Balaban J connectivity index is 1.74. The molecule has 0 N–H and O–H groups in total. The molecule has 2 fully saturated rings. The third-order valence-corrected chi connectivity index (χ3v) is 6.25. The third-order valence-electron chi connectivity index (χ3n) is 4.69. The van der Waals surface area contributed by atoms with E-state index >= 15 is 0 Å². The molecule has 2 aliphatic heterocycles. The maximum absolute atomic E-state index is 13.0. The van der Waals surface area contributed by atoms with Crippen molar-refractivity contribution < 1.29 is 9.53 Å². The highest BCUT2D eigenvalue weighted by atomic mass is 35.5. The Morgan fingerprint density at radius 3 is 2.81 bits per heavy atom. The van der Waals surface area contributed by atoms with Crippen LogP contribution in [0.1, 0.15) is 44.9 Å². The topological polar surface area (TPSA) is 29.5 Å². The standard InChI is InChI=1S/C16H24ClNO2S/c17-15-6-2-1-5-14(15)16(19)18(12-7-9-21-11-12)10-13-4-3-8-20-13/h12-13H,1-11H2/t12-,13+/m1/s1. The summed E-state index contributed by atoms with van der Waals surface area (Å²) in [5.74, 6) is 2.40. The molecule has 1 amide bonds. The van der Waals surface area contributed by atoms with Crippen LogP contribution in [0.3, 0.4) is 0 Å². The van der Waals surface area contributed by atoms with Gasteiger partial charge in [0.2, 0.25) is 0 Å². The van der Waals surface area contributed by atoms with Crippen molar-refractivity contribution in [3.8, 4) is 0 Å². The molecule has 0 saturated carbocycles. The van der Waals surface area contributed by atoms with Crippen LogP contribution in [0.2, 0.25) is 0 Å². The number of hydrogen-bond donors (Lipinski definition) is 0. The molecule has 21 heavy (non-hydrogen) atoms. The number of halogens is 1. The van der Waals surface area contributed by atoms with Gasteiger partial charge >= 0.3 is 0 Å². The molecular weight excluding hydrogens is 306 g/mol. The van der Waals surface area contributed by atoms with E-state index in [2.05, 4.69) is 4.90 Å². The summed E-state index contributed by atoms with van der Waals surface area (Å²) in [4.78, 5) is 15.1. The Bertz CT molecular complexity index is 415. The summed E-state index contributed by atoms with van der Waals surface area (Å²) in [5.41, 5.74) is 0.873. The zero-order chi connectivity index (χ0) is 14.7. The molecule has 0 spiro atoms. The minimum absolute atomic E-state index is 0.183. The molecule has 3 rings (SSSR count). The zero-order valence-electron chi connectivity index (χ0n) is 12.5. The van der Waals surface area contributed by atoms with Crippen LogP contribution in [0.5, 0.6) is 0 Å². The van der Waals surface area contributed by atoms with Crippen molar-refractivity contribution in [3.63, 3.8) is 0 Å². The maximum atomic E-state index is 13.0. The molecule has 2 atom stereocenters. The van der Waals surface area contributed by atoms with Gasteiger partial charge in [-0.3, -0.25) is 4.79 Å². The highest BCUT2D eigenvalue weighted by Crippen LogP contribution is 2.32. The van der Waals surface area contributed by atoms with E-state index in [1.54, 1.807) is 0 Å². The number of rotatable bonds is 4. The van der Waals surface area contributed by atoms with E-state index in [4.69, 9.17) is 16.3 Å². The quantitative estimate of drug-likeness (QED) is 0.789. The van der Waals surface area contributed by atoms with Gasteiger partial charge in [0.05, 0.1) is 6.10 Å². The highest BCUT2D eigenvalue weighted by Gasteiger charge is 2.33. The Hall–Kier alpha value is -0.190. The Morgan fingerprint density at radius 2 is 2.14 bits per heavy atom. The highest BCUT2D eigenvalue weighted by molar-refractivity contribution is 7.99. The molecule has 1 aliphatic carbocycles. The van der Waals surface area contributed by atoms with Crippen LogP contribution in [0, 0.1) is 0 Å². The summed E-state index contributed by atoms with van der Waals surface area (Å²) in [7, 11) is 0. The largest absolute Gasteiger partial charge is 0.376 e. The van der Waals surface area contributed by atoms with Crippen molar-refractivity contribution in [2.24, 2.45) is 0 Å². The van der Waals surface area contributed by atoms with Gasteiger partial charge in [-0.25, -0.2) is 0 Å². The average molecular weight is 330 g/mol. The second-order valence-corrected chi connectivity index (χ2v) is 7.81. The summed E-state index contributed by atoms with van der Waals surface area (Å²) in [5, 5.41) is 0.800. The molecule has 0 aromatic carbocycles. The lowest BCUT2D eigenvalue weighted by Crippen LogP contribution is -2.45. The summed E-state index contributed by atoms with van der Waals surface area (Å²) < 4.78 is 5.76. The van der Waals surface area contributed by atoms with Gasteiger partial charge in [0.1, 0.15) is 0 Å². The Morgan fingerprint density at radius 1 is 1.29 bits per heavy atom. The fraction of sp³-hybridized carbons (Fsp3) is 0.812. The normalized spacial score (nSPS) is 30.0. The smallest absolute Gasteiger partial charge is 0.251 e. The lowest BCUT2D eigenvalue weighted by atomic mass is 9.97. The third kappa shape index (κ3) is 3.77. The molecule has 0 bridgehead atoms. The molecule has 0 radical (unpaired) electrons. The van der Waals surface area contributed by atoms with Gasteiger partial charge in [-0.05, 0) is 50.7 Å². The maximum Gasteiger partial charge on any atom is 0.251 e. The minimum atomic E-state index is 0.183. The molecule has 118 valence electrons. The predicted octanol–water partition coefficient (Wildman–Crippen LogP) is 3.57. The molecule has 5 heteroatoms. The van der Waals surface area contributed by atoms with Crippen LogP contribution < -0.4 is 0 Å². The molecule has 3 aliphatic rings. The van der Waals surface area contributed by atoms with Crippen molar-refractivity contribution in [1.29, 1.82) is 0 Å². The van der Waals surface area contributed by atoms with E-state index in [1.807, 2.05) is 11.8 Å². The first-order valence-electron chi connectivity index (χ1n) is 8.13. The first kappa shape index (κ1) is 15.7. The summed E-state index contributed by atoms with van der Waals surface area (Å²) in [6, 6.07) is 0.366. The molecule has 0 aromatic heterocycles. The van der Waals surface area contributed by atoms with Gasteiger partial charge in [0.15, 0.2) is 0 Å². The van der Waals surface area contributed by atoms with Gasteiger partial charge in [-0.1, -0.05) is 11.6 Å². The van der Waals surface area contributed by atoms with Gasteiger partial charge in [0.25, 0.3) is 5.91 Å². The fourth-order valence-corrected chi connectivity index (χ4v) is 4.97. The average Bonchev–Trinajstić information content (AvgIpc) is 3.18. The first-order valence-corrected chi connectivity index (χ1v) is 9.67. The van der Waals surface area contributed by atoms with E-state index in [0.29, 0.717) is 6.04 Å². The van der Waals surface area contributed by atoms with Gasteiger partial charge < -0.3 is 9.64 Å². The second-order valence-electron chi connectivity index (χ2n) is 6.20. The lowest BCUT2D eigenvalue weighted by Gasteiger charge is -2.32. The van der Waals surface area contributed by atoms with Crippen molar-refractivity contribution in [1.82, 2.24) is 4.90 Å². The van der Waals surface area contributed by atoms with Crippen molar-refractivity contribution in [3.05, 3.63) is 10.6 Å². The number of carbonyl (C=O) groups is 1. The van der Waals surface area contributed by atoms with Crippen LogP contribution in [0.25, 0.3) is 0 Å². The number of allylic oxidation sites excluding steroid dienone is 1. The van der Waals surface area contributed by atoms with Crippen molar-refractivity contribution in [2.45, 2.75) is 57.1 Å². The first-order chi connectivity index (χ1) is 10.3. The molecule has 2 saturated heterocycles. The number of amides is 1. The van der Waals surface area contributed by atoms with Gasteiger partial charge in [-0.2, -0.15) is 11.8 Å².